The molecule has 1 aliphatic carbocycles. The highest BCUT2D eigenvalue weighted by Gasteiger charge is 2.46. The van der Waals surface area contributed by atoms with Gasteiger partial charge in [0, 0.05) is 24.4 Å². The van der Waals surface area contributed by atoms with Gasteiger partial charge in [-0.3, -0.25) is 4.79 Å². The second-order valence-corrected chi connectivity index (χ2v) is 6.13. The van der Waals surface area contributed by atoms with E-state index in [-0.39, 0.29) is 11.9 Å². The number of hydrogen-bond donors (Lipinski definition) is 0. The predicted octanol–water partition coefficient (Wildman–Crippen LogP) is 2.83. The smallest absolute Gasteiger partial charge is 0.243 e. The van der Waals surface area contributed by atoms with Gasteiger partial charge in [-0.25, -0.2) is 0 Å². The number of rotatable bonds is 4. The lowest BCUT2D eigenvalue weighted by Crippen LogP contribution is -2.49. The zero-order valence-corrected chi connectivity index (χ0v) is 11.7. The van der Waals surface area contributed by atoms with E-state index in [1.807, 2.05) is 25.4 Å². The average Bonchev–Trinajstić information content (AvgIpc) is 2.79. The van der Waals surface area contributed by atoms with E-state index in [1.165, 1.54) is 4.88 Å². The summed E-state index contributed by atoms with van der Waals surface area (Å²) in [6, 6.07) is 6.47. The number of nitriles is 1. The second kappa shape index (κ2) is 5.11. The van der Waals surface area contributed by atoms with Gasteiger partial charge in [-0.15, -0.1) is 11.3 Å². The van der Waals surface area contributed by atoms with Crippen molar-refractivity contribution < 1.29 is 4.79 Å². The summed E-state index contributed by atoms with van der Waals surface area (Å²) < 4.78 is 0. The summed E-state index contributed by atoms with van der Waals surface area (Å²) in [5.41, 5.74) is -0.724. The molecule has 1 heterocycles. The van der Waals surface area contributed by atoms with Crippen LogP contribution in [0.1, 0.15) is 31.1 Å². The Kier molecular flexibility index (Phi) is 3.72. The third kappa shape index (κ3) is 2.28. The molecule has 0 N–H and O–H groups in total. The first-order valence-corrected chi connectivity index (χ1v) is 7.18. The lowest BCUT2D eigenvalue weighted by Gasteiger charge is -2.38. The first-order chi connectivity index (χ1) is 8.59. The zero-order chi connectivity index (χ0) is 13.2. The molecular formula is C14H18N2OS. The van der Waals surface area contributed by atoms with Crippen molar-refractivity contribution in [2.75, 3.05) is 7.05 Å². The van der Waals surface area contributed by atoms with Crippen LogP contribution in [-0.4, -0.2) is 23.9 Å². The van der Waals surface area contributed by atoms with E-state index in [1.54, 1.807) is 16.2 Å². The Labute approximate surface area is 112 Å². The van der Waals surface area contributed by atoms with Crippen molar-refractivity contribution in [3.8, 4) is 6.07 Å². The van der Waals surface area contributed by atoms with Gasteiger partial charge in [0.1, 0.15) is 5.41 Å². The molecule has 3 nitrogen and oxygen atoms in total. The lowest BCUT2D eigenvalue weighted by atomic mass is 9.69. The van der Waals surface area contributed by atoms with Crippen molar-refractivity contribution in [3.05, 3.63) is 22.4 Å². The number of thiophene rings is 1. The highest BCUT2D eigenvalue weighted by atomic mass is 32.1. The van der Waals surface area contributed by atoms with Crippen LogP contribution in [0.25, 0.3) is 0 Å². The van der Waals surface area contributed by atoms with Crippen LogP contribution in [-0.2, 0) is 11.2 Å². The van der Waals surface area contributed by atoms with Gasteiger partial charge in [0.25, 0.3) is 0 Å². The van der Waals surface area contributed by atoms with Gasteiger partial charge < -0.3 is 4.90 Å². The third-order valence-corrected chi connectivity index (χ3v) is 4.79. The average molecular weight is 262 g/mol. The number of hydrogen-bond acceptors (Lipinski definition) is 3. The molecule has 1 aromatic rings. The number of nitrogens with zero attached hydrogens (tertiary/aromatic N) is 2. The van der Waals surface area contributed by atoms with E-state index >= 15 is 0 Å². The van der Waals surface area contributed by atoms with E-state index in [0.29, 0.717) is 0 Å². The Hall–Kier alpha value is -1.34. The molecule has 1 atom stereocenters. The quantitative estimate of drug-likeness (QED) is 0.837. The summed E-state index contributed by atoms with van der Waals surface area (Å²) in [5.74, 6) is 0.000283. The number of likely N-dealkylation sites (N-methyl/N-ethyl adjacent to an activating group) is 1. The molecule has 18 heavy (non-hydrogen) atoms. The maximum Gasteiger partial charge on any atom is 0.243 e. The summed E-state index contributed by atoms with van der Waals surface area (Å²) >= 11 is 1.71. The Morgan fingerprint density at radius 3 is 2.83 bits per heavy atom. The third-order valence-electron chi connectivity index (χ3n) is 3.89. The minimum atomic E-state index is -0.724. The topological polar surface area (TPSA) is 44.1 Å². The minimum absolute atomic E-state index is 0.000283. The van der Waals surface area contributed by atoms with Crippen LogP contribution in [0, 0.1) is 16.7 Å². The molecule has 0 aliphatic heterocycles. The molecule has 1 saturated carbocycles. The number of carbonyl (C=O) groups excluding carboxylic acids is 1. The summed E-state index contributed by atoms with van der Waals surface area (Å²) in [6.45, 7) is 2.04. The van der Waals surface area contributed by atoms with Gasteiger partial charge in [-0.1, -0.05) is 6.07 Å². The van der Waals surface area contributed by atoms with Gasteiger partial charge in [-0.2, -0.15) is 5.26 Å². The standard InChI is InChI=1S/C14H18N2OS/c1-11(9-12-5-3-8-18-12)16(2)13(17)14(10-15)6-4-7-14/h3,5,8,11H,4,6-7,9H2,1-2H3. The molecule has 1 amide bonds. The van der Waals surface area contributed by atoms with Gasteiger partial charge in [-0.05, 0) is 37.6 Å². The number of carbonyl (C=O) groups is 1. The van der Waals surface area contributed by atoms with Crippen molar-refractivity contribution in [3.63, 3.8) is 0 Å². The second-order valence-electron chi connectivity index (χ2n) is 5.10. The van der Waals surface area contributed by atoms with Crippen molar-refractivity contribution in [1.29, 1.82) is 5.26 Å². The zero-order valence-electron chi connectivity index (χ0n) is 10.8. The summed E-state index contributed by atoms with van der Waals surface area (Å²) in [7, 11) is 1.82. The fraction of sp³-hybridized carbons (Fsp3) is 0.571. The molecule has 1 unspecified atom stereocenters. The predicted molar refractivity (Wildman–Crippen MR) is 72.2 cm³/mol. The Morgan fingerprint density at radius 2 is 2.39 bits per heavy atom. The van der Waals surface area contributed by atoms with Crippen molar-refractivity contribution in [2.45, 2.75) is 38.6 Å². The summed E-state index contributed by atoms with van der Waals surface area (Å²) in [4.78, 5) is 15.4. The fourth-order valence-corrected chi connectivity index (χ4v) is 3.12. The molecular weight excluding hydrogens is 244 g/mol. The van der Waals surface area contributed by atoms with E-state index < -0.39 is 5.41 Å². The minimum Gasteiger partial charge on any atom is -0.341 e. The van der Waals surface area contributed by atoms with Crippen LogP contribution in [0.2, 0.25) is 0 Å². The molecule has 4 heteroatoms. The monoisotopic (exact) mass is 262 g/mol. The van der Waals surface area contributed by atoms with Crippen LogP contribution in [0.4, 0.5) is 0 Å². The molecule has 1 fully saturated rings. The van der Waals surface area contributed by atoms with E-state index in [2.05, 4.69) is 12.1 Å². The normalized spacial score (nSPS) is 18.5. The highest BCUT2D eigenvalue weighted by molar-refractivity contribution is 7.09. The SMILES string of the molecule is CC(Cc1cccs1)N(C)C(=O)C1(C#N)CCC1. The Morgan fingerprint density at radius 1 is 1.67 bits per heavy atom. The maximum absolute atomic E-state index is 12.4. The molecule has 1 aromatic heterocycles. The molecule has 0 radical (unpaired) electrons. The van der Waals surface area contributed by atoms with Crippen LogP contribution in [0.5, 0.6) is 0 Å². The highest BCUT2D eigenvalue weighted by Crippen LogP contribution is 2.42. The largest absolute Gasteiger partial charge is 0.341 e. The molecule has 2 rings (SSSR count). The van der Waals surface area contributed by atoms with E-state index in [0.717, 1.165) is 25.7 Å². The van der Waals surface area contributed by atoms with Crippen LogP contribution >= 0.6 is 11.3 Å². The molecule has 0 aromatic carbocycles. The summed E-state index contributed by atoms with van der Waals surface area (Å²) in [6.07, 6.45) is 3.30. The van der Waals surface area contributed by atoms with E-state index in [9.17, 15) is 10.1 Å². The molecule has 1 aliphatic rings. The molecule has 0 saturated heterocycles. The lowest BCUT2D eigenvalue weighted by molar-refractivity contribution is -0.143. The fourth-order valence-electron chi connectivity index (χ4n) is 2.30. The van der Waals surface area contributed by atoms with Crippen LogP contribution in [0.15, 0.2) is 17.5 Å². The Balaban J connectivity index is 2.00. The van der Waals surface area contributed by atoms with Gasteiger partial charge in [0.2, 0.25) is 5.91 Å². The first-order valence-electron chi connectivity index (χ1n) is 6.30. The van der Waals surface area contributed by atoms with Crippen LogP contribution < -0.4 is 0 Å². The number of amides is 1. The van der Waals surface area contributed by atoms with Crippen molar-refractivity contribution in [2.24, 2.45) is 5.41 Å². The summed E-state index contributed by atoms with van der Waals surface area (Å²) in [5, 5.41) is 11.2. The van der Waals surface area contributed by atoms with Crippen LogP contribution in [0.3, 0.4) is 0 Å². The maximum atomic E-state index is 12.4. The first kappa shape index (κ1) is 13.1. The van der Waals surface area contributed by atoms with Gasteiger partial charge in [0.15, 0.2) is 0 Å². The molecule has 0 spiro atoms. The molecule has 0 bridgehead atoms. The van der Waals surface area contributed by atoms with Gasteiger partial charge >= 0.3 is 0 Å². The van der Waals surface area contributed by atoms with E-state index in [4.69, 9.17) is 0 Å². The van der Waals surface area contributed by atoms with Crippen molar-refractivity contribution >= 4 is 17.2 Å². The van der Waals surface area contributed by atoms with Gasteiger partial charge in [0.05, 0.1) is 6.07 Å². The molecule has 96 valence electrons. The van der Waals surface area contributed by atoms with Crippen molar-refractivity contribution in [1.82, 2.24) is 4.90 Å². The Bertz CT molecular complexity index is 457.